The number of likely N-dealkylation sites (N-methyl/N-ethyl adjacent to an activating group) is 1. The summed E-state index contributed by atoms with van der Waals surface area (Å²) in [5.74, 6) is 0. The Morgan fingerprint density at radius 3 is 3.14 bits per heavy atom. The van der Waals surface area contributed by atoms with E-state index >= 15 is 0 Å². The highest BCUT2D eigenvalue weighted by atomic mass is 32.1. The van der Waals surface area contributed by atoms with Crippen LogP contribution in [0.3, 0.4) is 0 Å². The van der Waals surface area contributed by atoms with Gasteiger partial charge in [-0.2, -0.15) is 0 Å². The van der Waals surface area contributed by atoms with Gasteiger partial charge in [0.2, 0.25) is 0 Å². The summed E-state index contributed by atoms with van der Waals surface area (Å²) in [7, 11) is 2.06. The van der Waals surface area contributed by atoms with Gasteiger partial charge in [0.05, 0.1) is 10.7 Å². The topological polar surface area (TPSA) is 42.1 Å². The predicted molar refractivity (Wildman–Crippen MR) is 61.4 cm³/mol. The fourth-order valence-corrected chi connectivity index (χ4v) is 2.03. The number of nitrogens with two attached hydrogens (primary N) is 1. The lowest BCUT2D eigenvalue weighted by Gasteiger charge is -2.11. The van der Waals surface area contributed by atoms with E-state index in [0.29, 0.717) is 6.54 Å². The van der Waals surface area contributed by atoms with Gasteiger partial charge in [-0.1, -0.05) is 6.08 Å². The number of rotatable bonds is 6. The monoisotopic (exact) mass is 211 g/mol. The van der Waals surface area contributed by atoms with Crippen molar-refractivity contribution in [3.63, 3.8) is 0 Å². The molecule has 0 spiro atoms. The fourth-order valence-electron chi connectivity index (χ4n) is 1.22. The minimum absolute atomic E-state index is 0.676. The predicted octanol–water partition coefficient (Wildman–Crippen LogP) is 1.26. The SMILES string of the molecule is C=CCN(C)Cc1csc(CCN)n1. The number of hydrogen-bond acceptors (Lipinski definition) is 4. The molecule has 2 N–H and O–H groups in total. The Kier molecular flexibility index (Phi) is 4.79. The molecule has 0 unspecified atom stereocenters. The van der Waals surface area contributed by atoms with Crippen molar-refractivity contribution in [3.8, 4) is 0 Å². The Balaban J connectivity index is 2.46. The molecule has 0 amide bonds. The largest absolute Gasteiger partial charge is 0.330 e. The van der Waals surface area contributed by atoms with Crippen molar-refractivity contribution in [3.05, 3.63) is 28.7 Å². The lowest BCUT2D eigenvalue weighted by atomic mass is 10.4. The molecule has 0 aromatic carbocycles. The van der Waals surface area contributed by atoms with Gasteiger partial charge in [0.25, 0.3) is 0 Å². The number of hydrogen-bond donors (Lipinski definition) is 1. The summed E-state index contributed by atoms with van der Waals surface area (Å²) in [4.78, 5) is 6.66. The van der Waals surface area contributed by atoms with Crippen molar-refractivity contribution in [2.75, 3.05) is 20.1 Å². The van der Waals surface area contributed by atoms with Gasteiger partial charge in [0.15, 0.2) is 0 Å². The molecule has 0 aliphatic rings. The average Bonchev–Trinajstić information content (AvgIpc) is 2.53. The third-order valence-corrected chi connectivity index (χ3v) is 2.79. The summed E-state index contributed by atoms with van der Waals surface area (Å²) in [5, 5.41) is 3.24. The molecule has 1 heterocycles. The van der Waals surface area contributed by atoms with Crippen LogP contribution in [0.5, 0.6) is 0 Å². The second-order valence-electron chi connectivity index (χ2n) is 3.26. The molecule has 3 nitrogen and oxygen atoms in total. The smallest absolute Gasteiger partial charge is 0.0941 e. The fraction of sp³-hybridized carbons (Fsp3) is 0.500. The molecule has 1 rings (SSSR count). The van der Waals surface area contributed by atoms with Crippen LogP contribution in [0.2, 0.25) is 0 Å². The third-order valence-electron chi connectivity index (χ3n) is 1.83. The second kappa shape index (κ2) is 5.90. The summed E-state index contributed by atoms with van der Waals surface area (Å²) in [6.45, 7) is 6.15. The van der Waals surface area contributed by atoms with E-state index in [2.05, 4.69) is 28.9 Å². The zero-order valence-corrected chi connectivity index (χ0v) is 9.39. The van der Waals surface area contributed by atoms with Crippen molar-refractivity contribution in [1.29, 1.82) is 0 Å². The molecule has 0 aliphatic heterocycles. The normalized spacial score (nSPS) is 10.8. The average molecular weight is 211 g/mol. The van der Waals surface area contributed by atoms with E-state index in [1.165, 1.54) is 0 Å². The van der Waals surface area contributed by atoms with Crippen LogP contribution in [-0.4, -0.2) is 30.0 Å². The summed E-state index contributed by atoms with van der Waals surface area (Å²) in [6, 6.07) is 0. The van der Waals surface area contributed by atoms with Crippen molar-refractivity contribution in [2.45, 2.75) is 13.0 Å². The third kappa shape index (κ3) is 3.57. The van der Waals surface area contributed by atoms with Crippen LogP contribution in [0.25, 0.3) is 0 Å². The van der Waals surface area contributed by atoms with Crippen LogP contribution >= 0.6 is 11.3 Å². The van der Waals surface area contributed by atoms with Crippen LogP contribution in [-0.2, 0) is 13.0 Å². The number of thiazole rings is 1. The molecule has 0 saturated heterocycles. The van der Waals surface area contributed by atoms with E-state index in [9.17, 15) is 0 Å². The Morgan fingerprint density at radius 2 is 2.50 bits per heavy atom. The lowest BCUT2D eigenvalue weighted by molar-refractivity contribution is 0.359. The molecule has 78 valence electrons. The van der Waals surface area contributed by atoms with Crippen molar-refractivity contribution >= 4 is 11.3 Å². The molecular formula is C10H17N3S. The minimum atomic E-state index is 0.676. The maximum atomic E-state index is 5.46. The summed E-state index contributed by atoms with van der Waals surface area (Å²) < 4.78 is 0. The zero-order valence-electron chi connectivity index (χ0n) is 8.57. The van der Waals surface area contributed by atoms with Gasteiger partial charge in [0, 0.05) is 24.9 Å². The van der Waals surface area contributed by atoms with Gasteiger partial charge in [-0.05, 0) is 13.6 Å². The maximum Gasteiger partial charge on any atom is 0.0941 e. The lowest BCUT2D eigenvalue weighted by Crippen LogP contribution is -2.17. The first-order chi connectivity index (χ1) is 6.76. The van der Waals surface area contributed by atoms with E-state index in [1.807, 2.05) is 6.08 Å². The molecule has 4 heteroatoms. The molecule has 0 aliphatic carbocycles. The maximum absolute atomic E-state index is 5.46. The van der Waals surface area contributed by atoms with E-state index in [-0.39, 0.29) is 0 Å². The van der Waals surface area contributed by atoms with Crippen molar-refractivity contribution in [2.24, 2.45) is 5.73 Å². The van der Waals surface area contributed by atoms with Gasteiger partial charge in [-0.3, -0.25) is 4.90 Å². The van der Waals surface area contributed by atoms with E-state index in [0.717, 1.165) is 30.2 Å². The number of aromatic nitrogens is 1. The molecular weight excluding hydrogens is 194 g/mol. The van der Waals surface area contributed by atoms with Crippen LogP contribution in [0.1, 0.15) is 10.7 Å². The first kappa shape index (κ1) is 11.4. The van der Waals surface area contributed by atoms with Gasteiger partial charge in [-0.15, -0.1) is 17.9 Å². The Labute approximate surface area is 89.3 Å². The molecule has 14 heavy (non-hydrogen) atoms. The zero-order chi connectivity index (χ0) is 10.4. The molecule has 1 aromatic heterocycles. The van der Waals surface area contributed by atoms with E-state index in [1.54, 1.807) is 11.3 Å². The Morgan fingerprint density at radius 1 is 1.71 bits per heavy atom. The van der Waals surface area contributed by atoms with Gasteiger partial charge >= 0.3 is 0 Å². The van der Waals surface area contributed by atoms with Crippen molar-refractivity contribution < 1.29 is 0 Å². The van der Waals surface area contributed by atoms with Crippen LogP contribution in [0.4, 0.5) is 0 Å². The Hall–Kier alpha value is -0.710. The summed E-state index contributed by atoms with van der Waals surface area (Å²) in [5.41, 5.74) is 6.59. The molecule has 0 radical (unpaired) electrons. The number of nitrogens with zero attached hydrogens (tertiary/aromatic N) is 2. The molecule has 0 bridgehead atoms. The standard InChI is InChI=1S/C10H17N3S/c1-3-6-13(2)7-9-8-14-10(12-9)4-5-11/h3,8H,1,4-7,11H2,2H3. The quantitative estimate of drug-likeness (QED) is 0.720. The minimum Gasteiger partial charge on any atom is -0.330 e. The van der Waals surface area contributed by atoms with Crippen LogP contribution < -0.4 is 5.73 Å². The van der Waals surface area contributed by atoms with Gasteiger partial charge in [-0.25, -0.2) is 4.98 Å². The molecule has 0 fully saturated rings. The highest BCUT2D eigenvalue weighted by Gasteiger charge is 2.03. The highest BCUT2D eigenvalue weighted by molar-refractivity contribution is 7.09. The second-order valence-corrected chi connectivity index (χ2v) is 4.20. The molecule has 1 aromatic rings. The summed E-state index contributed by atoms with van der Waals surface area (Å²) >= 11 is 1.69. The molecule has 0 saturated carbocycles. The van der Waals surface area contributed by atoms with Crippen LogP contribution in [0.15, 0.2) is 18.0 Å². The van der Waals surface area contributed by atoms with Crippen molar-refractivity contribution in [1.82, 2.24) is 9.88 Å². The molecule has 0 atom stereocenters. The van der Waals surface area contributed by atoms with E-state index < -0.39 is 0 Å². The first-order valence-electron chi connectivity index (χ1n) is 4.69. The van der Waals surface area contributed by atoms with Crippen LogP contribution in [0, 0.1) is 0 Å². The van der Waals surface area contributed by atoms with Gasteiger partial charge < -0.3 is 5.73 Å². The summed E-state index contributed by atoms with van der Waals surface area (Å²) in [6.07, 6.45) is 2.78. The Bertz CT molecular complexity index is 283. The van der Waals surface area contributed by atoms with Gasteiger partial charge in [0.1, 0.15) is 0 Å². The first-order valence-corrected chi connectivity index (χ1v) is 5.57. The van der Waals surface area contributed by atoms with E-state index in [4.69, 9.17) is 5.73 Å². The highest BCUT2D eigenvalue weighted by Crippen LogP contribution is 2.11.